The molecular formula is C12H19NO2S2. The van der Waals surface area contributed by atoms with E-state index in [0.29, 0.717) is 5.25 Å². The van der Waals surface area contributed by atoms with Crippen LogP contribution in [0.1, 0.15) is 36.6 Å². The molecule has 1 aromatic heterocycles. The van der Waals surface area contributed by atoms with E-state index in [4.69, 9.17) is 9.47 Å². The van der Waals surface area contributed by atoms with E-state index in [0.717, 1.165) is 30.4 Å². The molecule has 2 atom stereocenters. The largest absolute Gasteiger partial charge is 0.384 e. The van der Waals surface area contributed by atoms with Crippen molar-refractivity contribution in [2.75, 3.05) is 20.3 Å². The van der Waals surface area contributed by atoms with Gasteiger partial charge in [-0.1, -0.05) is 6.92 Å². The van der Waals surface area contributed by atoms with Gasteiger partial charge >= 0.3 is 0 Å². The summed E-state index contributed by atoms with van der Waals surface area (Å²) < 4.78 is 10.8. The number of methoxy groups -OCH3 is 1. The van der Waals surface area contributed by atoms with Gasteiger partial charge in [0.2, 0.25) is 0 Å². The van der Waals surface area contributed by atoms with Crippen LogP contribution >= 0.6 is 23.1 Å². The Morgan fingerprint density at radius 3 is 3.29 bits per heavy atom. The minimum Gasteiger partial charge on any atom is -0.384 e. The molecule has 96 valence electrons. The molecule has 0 aliphatic carbocycles. The Balaban J connectivity index is 1.81. The van der Waals surface area contributed by atoms with E-state index in [9.17, 15) is 0 Å². The summed E-state index contributed by atoms with van der Waals surface area (Å²) >= 11 is 3.62. The summed E-state index contributed by atoms with van der Waals surface area (Å²) in [5.41, 5.74) is 1.17. The molecule has 0 N–H and O–H groups in total. The molecule has 0 saturated carbocycles. The molecular weight excluding hydrogens is 254 g/mol. The zero-order chi connectivity index (χ0) is 12.1. The number of ether oxygens (including phenoxy) is 2. The zero-order valence-electron chi connectivity index (χ0n) is 10.3. The van der Waals surface area contributed by atoms with Crippen molar-refractivity contribution < 1.29 is 9.47 Å². The molecule has 1 saturated heterocycles. The summed E-state index contributed by atoms with van der Waals surface area (Å²) in [7, 11) is 1.75. The lowest BCUT2D eigenvalue weighted by atomic mass is 10.2. The van der Waals surface area contributed by atoms with Crippen LogP contribution in [0.15, 0.2) is 5.38 Å². The maximum atomic E-state index is 5.64. The van der Waals surface area contributed by atoms with Crippen LogP contribution in [0, 0.1) is 0 Å². The van der Waals surface area contributed by atoms with Crippen molar-refractivity contribution in [3.63, 3.8) is 0 Å². The maximum absolute atomic E-state index is 5.64. The number of rotatable bonds is 6. The van der Waals surface area contributed by atoms with Crippen molar-refractivity contribution in [1.82, 2.24) is 4.98 Å². The fraction of sp³-hybridized carbons (Fsp3) is 0.750. The quantitative estimate of drug-likeness (QED) is 0.796. The van der Waals surface area contributed by atoms with E-state index < -0.39 is 0 Å². The molecule has 0 radical (unpaired) electrons. The SMILES string of the molecule is COC[C@H](C)SCc1csc([C@@H]2CCCO2)n1. The Labute approximate surface area is 111 Å². The number of thioether (sulfide) groups is 1. The lowest BCUT2D eigenvalue weighted by molar-refractivity contribution is 0.111. The number of hydrogen-bond acceptors (Lipinski definition) is 5. The molecule has 0 amide bonds. The normalized spacial score (nSPS) is 21.9. The van der Waals surface area contributed by atoms with Gasteiger partial charge in [-0.2, -0.15) is 0 Å². The van der Waals surface area contributed by atoms with Crippen molar-refractivity contribution in [2.45, 2.75) is 36.9 Å². The highest BCUT2D eigenvalue weighted by atomic mass is 32.2. The summed E-state index contributed by atoms with van der Waals surface area (Å²) in [6.45, 7) is 3.87. The highest BCUT2D eigenvalue weighted by Gasteiger charge is 2.20. The third-order valence-corrected chi connectivity index (χ3v) is 4.84. The Kier molecular flexibility index (Phi) is 5.28. The Bertz CT molecular complexity index is 337. The van der Waals surface area contributed by atoms with Crippen molar-refractivity contribution in [3.8, 4) is 0 Å². The average molecular weight is 273 g/mol. The number of thiazole rings is 1. The first kappa shape index (κ1) is 13.3. The van der Waals surface area contributed by atoms with Gasteiger partial charge in [-0.25, -0.2) is 4.98 Å². The first-order valence-electron chi connectivity index (χ1n) is 5.96. The van der Waals surface area contributed by atoms with Crippen molar-refractivity contribution in [1.29, 1.82) is 0 Å². The van der Waals surface area contributed by atoms with Crippen LogP contribution in [-0.4, -0.2) is 30.6 Å². The molecule has 1 aliphatic rings. The van der Waals surface area contributed by atoms with Crippen LogP contribution in [0.3, 0.4) is 0 Å². The van der Waals surface area contributed by atoms with E-state index >= 15 is 0 Å². The first-order valence-corrected chi connectivity index (χ1v) is 7.89. The second kappa shape index (κ2) is 6.73. The summed E-state index contributed by atoms with van der Waals surface area (Å²) in [4.78, 5) is 4.66. The van der Waals surface area contributed by atoms with E-state index in [1.807, 2.05) is 11.8 Å². The summed E-state index contributed by atoms with van der Waals surface area (Å²) in [5.74, 6) is 0.966. The van der Waals surface area contributed by atoms with Crippen molar-refractivity contribution in [3.05, 3.63) is 16.1 Å². The third-order valence-electron chi connectivity index (χ3n) is 2.69. The van der Waals surface area contributed by atoms with Gasteiger partial charge in [0, 0.05) is 30.1 Å². The molecule has 1 aromatic rings. The fourth-order valence-electron chi connectivity index (χ4n) is 1.82. The molecule has 17 heavy (non-hydrogen) atoms. The molecule has 1 fully saturated rings. The van der Waals surface area contributed by atoms with Crippen LogP contribution in [0.4, 0.5) is 0 Å². The summed E-state index contributed by atoms with van der Waals surface area (Å²) in [6.07, 6.45) is 2.55. The molecule has 0 aromatic carbocycles. The van der Waals surface area contributed by atoms with Crippen LogP contribution in [0.2, 0.25) is 0 Å². The zero-order valence-corrected chi connectivity index (χ0v) is 12.0. The van der Waals surface area contributed by atoms with E-state index in [1.165, 1.54) is 12.1 Å². The maximum Gasteiger partial charge on any atom is 0.122 e. The van der Waals surface area contributed by atoms with Crippen molar-refractivity contribution >= 4 is 23.1 Å². The van der Waals surface area contributed by atoms with Crippen LogP contribution in [0.25, 0.3) is 0 Å². The molecule has 0 bridgehead atoms. The van der Waals surface area contributed by atoms with Gasteiger partial charge in [0.15, 0.2) is 0 Å². The first-order chi connectivity index (χ1) is 8.29. The van der Waals surface area contributed by atoms with Crippen LogP contribution in [0.5, 0.6) is 0 Å². The van der Waals surface area contributed by atoms with Gasteiger partial charge in [-0.05, 0) is 12.8 Å². The summed E-state index contributed by atoms with van der Waals surface area (Å²) in [5, 5.41) is 3.83. The Hall–Kier alpha value is -0.100. The highest BCUT2D eigenvalue weighted by molar-refractivity contribution is 7.99. The molecule has 3 nitrogen and oxygen atoms in total. The van der Waals surface area contributed by atoms with E-state index in [-0.39, 0.29) is 6.10 Å². The second-order valence-corrected chi connectivity index (χ2v) is 6.57. The van der Waals surface area contributed by atoms with Crippen LogP contribution < -0.4 is 0 Å². The van der Waals surface area contributed by atoms with Gasteiger partial charge in [0.25, 0.3) is 0 Å². The predicted octanol–water partition coefficient (Wildman–Crippen LogP) is 3.26. The molecule has 0 unspecified atom stereocenters. The predicted molar refractivity (Wildman–Crippen MR) is 72.7 cm³/mol. The lowest BCUT2D eigenvalue weighted by Crippen LogP contribution is -2.05. The van der Waals surface area contributed by atoms with Crippen LogP contribution in [-0.2, 0) is 15.2 Å². The van der Waals surface area contributed by atoms with E-state index in [2.05, 4.69) is 17.3 Å². The third kappa shape index (κ3) is 3.95. The topological polar surface area (TPSA) is 31.4 Å². The molecule has 5 heteroatoms. The minimum atomic E-state index is 0.259. The molecule has 1 aliphatic heterocycles. The smallest absolute Gasteiger partial charge is 0.122 e. The Morgan fingerprint density at radius 1 is 1.71 bits per heavy atom. The fourth-order valence-corrected chi connectivity index (χ4v) is 3.66. The molecule has 2 rings (SSSR count). The second-order valence-electron chi connectivity index (χ2n) is 4.26. The molecule has 2 heterocycles. The standard InChI is InChI=1S/C12H19NO2S2/c1-9(6-14-2)16-7-10-8-17-12(13-10)11-4-3-5-15-11/h8-9,11H,3-7H2,1-2H3/t9-,11-/m0/s1. The van der Waals surface area contributed by atoms with Gasteiger partial charge in [0.1, 0.15) is 11.1 Å². The number of aromatic nitrogens is 1. The van der Waals surface area contributed by atoms with Gasteiger partial charge < -0.3 is 9.47 Å². The van der Waals surface area contributed by atoms with Gasteiger partial charge in [0.05, 0.1) is 12.3 Å². The molecule has 0 spiro atoms. The van der Waals surface area contributed by atoms with Gasteiger partial charge in [-0.3, -0.25) is 0 Å². The van der Waals surface area contributed by atoms with Crippen molar-refractivity contribution in [2.24, 2.45) is 0 Å². The van der Waals surface area contributed by atoms with Gasteiger partial charge in [-0.15, -0.1) is 23.1 Å². The lowest BCUT2D eigenvalue weighted by Gasteiger charge is -2.08. The Morgan fingerprint density at radius 2 is 2.59 bits per heavy atom. The average Bonchev–Trinajstić information content (AvgIpc) is 2.97. The highest BCUT2D eigenvalue weighted by Crippen LogP contribution is 2.31. The minimum absolute atomic E-state index is 0.259. The number of hydrogen-bond donors (Lipinski definition) is 0. The monoisotopic (exact) mass is 273 g/mol. The van der Waals surface area contributed by atoms with E-state index in [1.54, 1.807) is 18.4 Å². The number of nitrogens with zero attached hydrogens (tertiary/aromatic N) is 1. The summed E-state index contributed by atoms with van der Waals surface area (Å²) in [6, 6.07) is 0.